The van der Waals surface area contributed by atoms with Crippen molar-refractivity contribution in [1.82, 2.24) is 4.98 Å². The van der Waals surface area contributed by atoms with E-state index in [1.54, 1.807) is 12.3 Å². The van der Waals surface area contributed by atoms with Crippen molar-refractivity contribution in [2.45, 2.75) is 45.4 Å². The van der Waals surface area contributed by atoms with Gasteiger partial charge in [-0.05, 0) is 12.5 Å². The predicted octanol–water partition coefficient (Wildman–Crippen LogP) is 3.22. The lowest BCUT2D eigenvalue weighted by molar-refractivity contribution is 0.0602. The molecule has 0 atom stereocenters. The van der Waals surface area contributed by atoms with Crippen molar-refractivity contribution in [3.63, 3.8) is 0 Å². The first-order valence-corrected chi connectivity index (χ1v) is 7.27. The Bertz CT molecular complexity index is 422. The molecule has 0 fully saturated rings. The third-order valence-corrected chi connectivity index (χ3v) is 3.22. The van der Waals surface area contributed by atoms with Gasteiger partial charge in [0.2, 0.25) is 0 Å². The number of hydrogen-bond donors (Lipinski definition) is 2. The molecular weight excluding hydrogens is 254 g/mol. The highest BCUT2D eigenvalue weighted by Gasteiger charge is 2.13. The molecule has 5 heteroatoms. The van der Waals surface area contributed by atoms with Gasteiger partial charge in [0.05, 0.1) is 18.4 Å². The fourth-order valence-corrected chi connectivity index (χ4v) is 2.01. The summed E-state index contributed by atoms with van der Waals surface area (Å²) < 4.78 is 4.68. The molecule has 0 spiro atoms. The maximum Gasteiger partial charge on any atom is 0.340 e. The van der Waals surface area contributed by atoms with Crippen molar-refractivity contribution in [2.24, 2.45) is 0 Å². The van der Waals surface area contributed by atoms with Gasteiger partial charge < -0.3 is 15.8 Å². The first-order chi connectivity index (χ1) is 9.70. The van der Waals surface area contributed by atoms with Crippen LogP contribution in [0.1, 0.15) is 55.8 Å². The molecule has 0 aliphatic rings. The minimum absolute atomic E-state index is 0.352. The number of pyridine rings is 1. The first-order valence-electron chi connectivity index (χ1n) is 7.27. The molecule has 112 valence electrons. The van der Waals surface area contributed by atoms with Crippen molar-refractivity contribution < 1.29 is 9.53 Å². The highest BCUT2D eigenvalue weighted by Crippen LogP contribution is 2.20. The number of rotatable bonds is 9. The van der Waals surface area contributed by atoms with Crippen LogP contribution in [0.25, 0.3) is 0 Å². The summed E-state index contributed by atoms with van der Waals surface area (Å²) in [6.45, 7) is 3.03. The molecule has 0 radical (unpaired) electrons. The average Bonchev–Trinajstić information content (AvgIpc) is 2.47. The van der Waals surface area contributed by atoms with Crippen LogP contribution in [0.2, 0.25) is 0 Å². The van der Waals surface area contributed by atoms with E-state index in [1.807, 2.05) is 0 Å². The third kappa shape index (κ3) is 5.07. The standard InChI is InChI=1S/C15H25N3O2/c1-3-4-5-6-7-8-10-17-14-13(16)12(9-11-18-14)15(19)20-2/h9,11H,3-8,10,16H2,1-2H3,(H,17,18). The number of ether oxygens (including phenoxy) is 1. The smallest absolute Gasteiger partial charge is 0.340 e. The molecule has 0 saturated carbocycles. The van der Waals surface area contributed by atoms with E-state index in [9.17, 15) is 4.79 Å². The van der Waals surface area contributed by atoms with Gasteiger partial charge in [-0.3, -0.25) is 0 Å². The summed E-state index contributed by atoms with van der Waals surface area (Å²) >= 11 is 0. The maximum absolute atomic E-state index is 11.5. The molecule has 0 aromatic carbocycles. The Kier molecular flexibility index (Phi) is 7.47. The van der Waals surface area contributed by atoms with Gasteiger partial charge in [0.15, 0.2) is 0 Å². The summed E-state index contributed by atoms with van der Waals surface area (Å²) in [5, 5.41) is 3.18. The minimum Gasteiger partial charge on any atom is -0.465 e. The fraction of sp³-hybridized carbons (Fsp3) is 0.600. The number of methoxy groups -OCH3 is 1. The Balaban J connectivity index is 2.39. The van der Waals surface area contributed by atoms with E-state index in [0.717, 1.165) is 13.0 Å². The summed E-state index contributed by atoms with van der Waals surface area (Å²) in [6, 6.07) is 1.57. The number of unbranched alkanes of at least 4 members (excludes halogenated alkanes) is 5. The summed E-state index contributed by atoms with van der Waals surface area (Å²) in [6.07, 6.45) is 8.97. The molecule has 1 aromatic heterocycles. The molecule has 1 heterocycles. The van der Waals surface area contributed by atoms with Crippen molar-refractivity contribution in [3.8, 4) is 0 Å². The molecule has 1 rings (SSSR count). The van der Waals surface area contributed by atoms with E-state index >= 15 is 0 Å². The zero-order valence-corrected chi connectivity index (χ0v) is 12.4. The number of nitrogen functional groups attached to an aromatic ring is 1. The maximum atomic E-state index is 11.5. The minimum atomic E-state index is -0.437. The van der Waals surface area contributed by atoms with E-state index in [1.165, 1.54) is 39.2 Å². The number of nitrogens with one attached hydrogen (secondary N) is 1. The quantitative estimate of drug-likeness (QED) is 0.536. The molecule has 0 aliphatic heterocycles. The van der Waals surface area contributed by atoms with Crippen LogP contribution in [0.4, 0.5) is 11.5 Å². The van der Waals surface area contributed by atoms with Crippen molar-refractivity contribution in [1.29, 1.82) is 0 Å². The van der Waals surface area contributed by atoms with E-state index in [4.69, 9.17) is 5.73 Å². The van der Waals surface area contributed by atoms with Gasteiger partial charge in [-0.1, -0.05) is 39.0 Å². The normalized spacial score (nSPS) is 10.3. The number of carbonyl (C=O) groups is 1. The average molecular weight is 279 g/mol. The van der Waals surface area contributed by atoms with Gasteiger partial charge >= 0.3 is 5.97 Å². The van der Waals surface area contributed by atoms with Gasteiger partial charge in [0, 0.05) is 12.7 Å². The van der Waals surface area contributed by atoms with E-state index in [2.05, 4.69) is 22.0 Å². The van der Waals surface area contributed by atoms with Gasteiger partial charge in [-0.2, -0.15) is 0 Å². The summed E-state index contributed by atoms with van der Waals surface area (Å²) in [5.41, 5.74) is 6.62. The topological polar surface area (TPSA) is 77.2 Å². The molecule has 0 saturated heterocycles. The molecule has 0 unspecified atom stereocenters. The second-order valence-electron chi connectivity index (χ2n) is 4.81. The lowest BCUT2D eigenvalue weighted by atomic mass is 10.1. The number of carbonyl (C=O) groups excluding carboxylic acids is 1. The van der Waals surface area contributed by atoms with Gasteiger partial charge in [-0.15, -0.1) is 0 Å². The van der Waals surface area contributed by atoms with Crippen LogP contribution in [0.15, 0.2) is 12.3 Å². The second-order valence-corrected chi connectivity index (χ2v) is 4.81. The van der Waals surface area contributed by atoms with E-state index < -0.39 is 5.97 Å². The predicted molar refractivity (Wildman–Crippen MR) is 81.9 cm³/mol. The third-order valence-electron chi connectivity index (χ3n) is 3.22. The Morgan fingerprint density at radius 3 is 2.70 bits per heavy atom. The van der Waals surface area contributed by atoms with Crippen LogP contribution in [-0.2, 0) is 4.74 Å². The lowest BCUT2D eigenvalue weighted by Crippen LogP contribution is -2.11. The van der Waals surface area contributed by atoms with Crippen molar-refractivity contribution in [3.05, 3.63) is 17.8 Å². The molecule has 5 nitrogen and oxygen atoms in total. The van der Waals surface area contributed by atoms with Crippen molar-refractivity contribution >= 4 is 17.5 Å². The second kappa shape index (κ2) is 9.18. The highest BCUT2D eigenvalue weighted by molar-refractivity contribution is 5.97. The molecule has 0 aliphatic carbocycles. The number of hydrogen-bond acceptors (Lipinski definition) is 5. The Morgan fingerprint density at radius 1 is 1.30 bits per heavy atom. The number of aromatic nitrogens is 1. The van der Waals surface area contributed by atoms with Crippen LogP contribution in [0.3, 0.4) is 0 Å². The number of nitrogens with zero attached hydrogens (tertiary/aromatic N) is 1. The first kappa shape index (κ1) is 16.3. The Morgan fingerprint density at radius 2 is 2.00 bits per heavy atom. The summed E-state index contributed by atoms with van der Waals surface area (Å²) in [4.78, 5) is 15.7. The molecule has 20 heavy (non-hydrogen) atoms. The van der Waals surface area contributed by atoms with Crippen LogP contribution in [0.5, 0.6) is 0 Å². The summed E-state index contributed by atoms with van der Waals surface area (Å²) in [5.74, 6) is 0.119. The van der Waals surface area contributed by atoms with Gasteiger partial charge in [0.1, 0.15) is 5.82 Å². The molecular formula is C15H25N3O2. The molecule has 3 N–H and O–H groups in total. The van der Waals surface area contributed by atoms with Crippen molar-refractivity contribution in [2.75, 3.05) is 24.7 Å². The zero-order chi connectivity index (χ0) is 14.8. The fourth-order valence-electron chi connectivity index (χ4n) is 2.01. The van der Waals surface area contributed by atoms with Crippen LogP contribution in [-0.4, -0.2) is 24.6 Å². The van der Waals surface area contributed by atoms with Crippen LogP contribution < -0.4 is 11.1 Å². The van der Waals surface area contributed by atoms with E-state index in [0.29, 0.717) is 17.1 Å². The monoisotopic (exact) mass is 279 g/mol. The Hall–Kier alpha value is -1.78. The molecule has 0 bridgehead atoms. The Labute approximate surface area is 120 Å². The van der Waals surface area contributed by atoms with Gasteiger partial charge in [0.25, 0.3) is 0 Å². The van der Waals surface area contributed by atoms with Crippen LogP contribution in [0, 0.1) is 0 Å². The lowest BCUT2D eigenvalue weighted by Gasteiger charge is -2.10. The number of nitrogens with two attached hydrogens (primary N) is 1. The molecule has 0 amide bonds. The SMILES string of the molecule is CCCCCCCCNc1nccc(C(=O)OC)c1N. The highest BCUT2D eigenvalue weighted by atomic mass is 16.5. The number of esters is 1. The summed E-state index contributed by atoms with van der Waals surface area (Å²) in [7, 11) is 1.34. The van der Waals surface area contributed by atoms with Gasteiger partial charge in [-0.25, -0.2) is 9.78 Å². The molecule has 1 aromatic rings. The zero-order valence-electron chi connectivity index (χ0n) is 12.4. The van der Waals surface area contributed by atoms with Crippen LogP contribution >= 0.6 is 0 Å². The number of anilines is 2. The van der Waals surface area contributed by atoms with E-state index in [-0.39, 0.29) is 0 Å². The largest absolute Gasteiger partial charge is 0.465 e.